The molecule has 2 aromatic carbocycles. The molecule has 6 nitrogen and oxygen atoms in total. The number of hydrogen-bond acceptors (Lipinski definition) is 6. The van der Waals surface area contributed by atoms with Gasteiger partial charge in [0.15, 0.2) is 11.0 Å². The van der Waals surface area contributed by atoms with Crippen molar-refractivity contribution in [1.29, 1.82) is 0 Å². The Morgan fingerprint density at radius 3 is 2.58 bits per heavy atom. The predicted molar refractivity (Wildman–Crippen MR) is 136 cm³/mol. The molecule has 0 amide bonds. The minimum Gasteiger partial charge on any atom is -0.309 e. The van der Waals surface area contributed by atoms with E-state index in [1.54, 1.807) is 0 Å². The third kappa shape index (κ3) is 4.21. The second-order valence-corrected chi connectivity index (χ2v) is 10.1. The first-order valence-corrected chi connectivity index (χ1v) is 12.6. The Bertz CT molecular complexity index is 1470. The SMILES string of the molecule is CCn1c(SC(C)c2nc3scc(-c4ccccc4)c3c(=O)[nH]2)nnc1-c1ccc(Cl)cc1. The number of H-pyrrole nitrogens is 1. The summed E-state index contributed by atoms with van der Waals surface area (Å²) in [5.74, 6) is 1.41. The molecule has 0 fully saturated rings. The number of thioether (sulfide) groups is 1. The summed E-state index contributed by atoms with van der Waals surface area (Å²) < 4.78 is 2.06. The number of thiophene rings is 1. The van der Waals surface area contributed by atoms with E-state index in [2.05, 4.69) is 26.7 Å². The predicted octanol–water partition coefficient (Wildman–Crippen LogP) is 6.44. The maximum absolute atomic E-state index is 13.0. The van der Waals surface area contributed by atoms with Crippen LogP contribution in [0.1, 0.15) is 24.9 Å². The van der Waals surface area contributed by atoms with Gasteiger partial charge in [0, 0.05) is 28.1 Å². The molecule has 0 aliphatic carbocycles. The Kier molecular flexibility index (Phi) is 6.05. The van der Waals surface area contributed by atoms with Gasteiger partial charge in [0.2, 0.25) is 0 Å². The maximum atomic E-state index is 13.0. The van der Waals surface area contributed by atoms with E-state index in [1.807, 2.05) is 66.9 Å². The van der Waals surface area contributed by atoms with Crippen LogP contribution in [0.3, 0.4) is 0 Å². The zero-order valence-corrected chi connectivity index (χ0v) is 20.3. The molecule has 0 radical (unpaired) electrons. The monoisotopic (exact) mass is 493 g/mol. The van der Waals surface area contributed by atoms with E-state index < -0.39 is 0 Å². The van der Waals surface area contributed by atoms with E-state index in [9.17, 15) is 4.79 Å². The molecule has 0 saturated carbocycles. The molecular formula is C24H20ClN5OS2. The van der Waals surface area contributed by atoms with Crippen molar-refractivity contribution in [3.05, 3.63) is 81.2 Å². The van der Waals surface area contributed by atoms with Crippen LogP contribution in [0, 0.1) is 0 Å². The summed E-state index contributed by atoms with van der Waals surface area (Å²) in [5.41, 5.74) is 2.75. The van der Waals surface area contributed by atoms with Crippen molar-refractivity contribution in [2.75, 3.05) is 0 Å². The van der Waals surface area contributed by atoms with Gasteiger partial charge in [0.1, 0.15) is 10.7 Å². The van der Waals surface area contributed by atoms with Gasteiger partial charge >= 0.3 is 0 Å². The Hall–Kier alpha value is -2.94. The molecule has 5 rings (SSSR count). The molecule has 0 bridgehead atoms. The van der Waals surface area contributed by atoms with Crippen molar-refractivity contribution in [1.82, 2.24) is 24.7 Å². The summed E-state index contributed by atoms with van der Waals surface area (Å²) in [4.78, 5) is 21.5. The Balaban J connectivity index is 1.46. The fourth-order valence-corrected chi connectivity index (χ4v) is 5.73. The lowest BCUT2D eigenvalue weighted by Gasteiger charge is -2.12. The van der Waals surface area contributed by atoms with E-state index in [0.29, 0.717) is 22.8 Å². The van der Waals surface area contributed by atoms with Gasteiger partial charge in [0.05, 0.1) is 10.6 Å². The highest BCUT2D eigenvalue weighted by atomic mass is 35.5. The second-order valence-electron chi connectivity index (χ2n) is 7.46. The van der Waals surface area contributed by atoms with Crippen LogP contribution in [0.25, 0.3) is 32.7 Å². The van der Waals surface area contributed by atoms with Crippen molar-refractivity contribution >= 4 is 44.9 Å². The molecule has 3 aromatic heterocycles. The fourth-order valence-electron chi connectivity index (χ4n) is 3.68. The van der Waals surface area contributed by atoms with E-state index >= 15 is 0 Å². The lowest BCUT2D eigenvalue weighted by atomic mass is 10.1. The van der Waals surface area contributed by atoms with Gasteiger partial charge < -0.3 is 9.55 Å². The summed E-state index contributed by atoms with van der Waals surface area (Å²) in [5, 5.41) is 12.8. The lowest BCUT2D eigenvalue weighted by Crippen LogP contribution is -2.12. The highest BCUT2D eigenvalue weighted by molar-refractivity contribution is 7.99. The number of aromatic amines is 1. The molecule has 5 aromatic rings. The molecule has 3 heterocycles. The van der Waals surface area contributed by atoms with Gasteiger partial charge in [-0.1, -0.05) is 53.7 Å². The molecular weight excluding hydrogens is 474 g/mol. The molecule has 166 valence electrons. The summed E-state index contributed by atoms with van der Waals surface area (Å²) in [6, 6.07) is 17.5. The minimum atomic E-state index is -0.124. The van der Waals surface area contributed by atoms with Crippen LogP contribution < -0.4 is 5.56 Å². The third-order valence-corrected chi connectivity index (χ3v) is 7.56. The smallest absolute Gasteiger partial charge is 0.260 e. The molecule has 0 spiro atoms. The normalized spacial score (nSPS) is 12.3. The number of aromatic nitrogens is 5. The van der Waals surface area contributed by atoms with Crippen molar-refractivity contribution in [2.24, 2.45) is 0 Å². The summed E-state index contributed by atoms with van der Waals surface area (Å²) >= 11 is 9.03. The second kappa shape index (κ2) is 9.13. The third-order valence-electron chi connectivity index (χ3n) is 5.35. The topological polar surface area (TPSA) is 76.5 Å². The average molecular weight is 494 g/mol. The van der Waals surface area contributed by atoms with Crippen molar-refractivity contribution in [2.45, 2.75) is 30.8 Å². The zero-order chi connectivity index (χ0) is 22.9. The van der Waals surface area contributed by atoms with Crippen molar-refractivity contribution < 1.29 is 0 Å². The van der Waals surface area contributed by atoms with E-state index in [1.165, 1.54) is 23.1 Å². The number of nitrogens with one attached hydrogen (secondary N) is 1. The molecule has 0 saturated heterocycles. The van der Waals surface area contributed by atoms with Crippen LogP contribution in [-0.2, 0) is 6.54 Å². The highest BCUT2D eigenvalue weighted by Gasteiger charge is 2.20. The van der Waals surface area contributed by atoms with Gasteiger partial charge in [-0.25, -0.2) is 4.98 Å². The zero-order valence-electron chi connectivity index (χ0n) is 17.9. The number of nitrogens with zero attached hydrogens (tertiary/aromatic N) is 4. The molecule has 1 unspecified atom stereocenters. The minimum absolute atomic E-state index is 0.114. The number of halogens is 1. The average Bonchev–Trinajstić information content (AvgIpc) is 3.44. The van der Waals surface area contributed by atoms with E-state index in [4.69, 9.17) is 16.6 Å². The molecule has 9 heteroatoms. The summed E-state index contributed by atoms with van der Waals surface area (Å²) in [7, 11) is 0. The van der Waals surface area contributed by atoms with Crippen LogP contribution in [0.5, 0.6) is 0 Å². The van der Waals surface area contributed by atoms with Gasteiger partial charge in [0.25, 0.3) is 5.56 Å². The van der Waals surface area contributed by atoms with Crippen LogP contribution in [0.2, 0.25) is 5.02 Å². The molecule has 1 N–H and O–H groups in total. The first kappa shape index (κ1) is 21.9. The molecule has 0 aliphatic heterocycles. The number of fused-ring (bicyclic) bond motifs is 1. The standard InChI is InChI=1S/C24H20ClN5OS2/c1-3-30-21(16-9-11-17(25)12-10-16)28-29-24(30)33-14(2)20-26-22(31)19-18(13-32-23(19)27-20)15-7-5-4-6-8-15/h4-14H,3H2,1-2H3,(H,26,27,31). The van der Waals surface area contributed by atoms with Crippen LogP contribution in [-0.4, -0.2) is 24.7 Å². The van der Waals surface area contributed by atoms with Gasteiger partial charge in [-0.05, 0) is 43.7 Å². The lowest BCUT2D eigenvalue weighted by molar-refractivity contribution is 0.685. The van der Waals surface area contributed by atoms with Crippen LogP contribution in [0.15, 0.2) is 69.9 Å². The summed E-state index contributed by atoms with van der Waals surface area (Å²) in [6.45, 7) is 4.78. The van der Waals surface area contributed by atoms with Crippen molar-refractivity contribution in [3.63, 3.8) is 0 Å². The molecule has 0 aliphatic rings. The first-order valence-electron chi connectivity index (χ1n) is 10.5. The number of hydrogen-bond donors (Lipinski definition) is 1. The van der Waals surface area contributed by atoms with Crippen LogP contribution in [0.4, 0.5) is 0 Å². The van der Waals surface area contributed by atoms with Crippen LogP contribution >= 0.6 is 34.7 Å². The first-order chi connectivity index (χ1) is 16.0. The number of benzene rings is 2. The number of rotatable bonds is 6. The Labute approximate surface area is 203 Å². The van der Waals surface area contributed by atoms with Gasteiger partial charge in [-0.3, -0.25) is 4.79 Å². The van der Waals surface area contributed by atoms with Gasteiger partial charge in [-0.15, -0.1) is 21.5 Å². The van der Waals surface area contributed by atoms with Gasteiger partial charge in [-0.2, -0.15) is 0 Å². The molecule has 33 heavy (non-hydrogen) atoms. The fraction of sp³-hybridized carbons (Fsp3) is 0.167. The highest BCUT2D eigenvalue weighted by Crippen LogP contribution is 2.36. The van der Waals surface area contributed by atoms with Crippen molar-refractivity contribution in [3.8, 4) is 22.5 Å². The quantitative estimate of drug-likeness (QED) is 0.275. The largest absolute Gasteiger partial charge is 0.309 e. The Morgan fingerprint density at radius 1 is 1.09 bits per heavy atom. The maximum Gasteiger partial charge on any atom is 0.260 e. The van der Waals surface area contributed by atoms with E-state index in [0.717, 1.165) is 32.5 Å². The summed E-state index contributed by atoms with van der Waals surface area (Å²) in [6.07, 6.45) is 0. The van der Waals surface area contributed by atoms with E-state index in [-0.39, 0.29) is 10.8 Å². The Morgan fingerprint density at radius 2 is 1.85 bits per heavy atom. The molecule has 1 atom stereocenters.